The average Bonchev–Trinajstić information content (AvgIpc) is 2.99. The smallest absolute Gasteiger partial charge is 0.345 e. The van der Waals surface area contributed by atoms with Crippen molar-refractivity contribution >= 4 is 40.1 Å². The highest BCUT2D eigenvalue weighted by atomic mass is 32.2. The van der Waals surface area contributed by atoms with E-state index in [0.717, 1.165) is 32.4 Å². The molecule has 1 aromatic carbocycles. The number of fused-ring (bicyclic) bond motifs is 1. The minimum atomic E-state index is -0.863. The molecule has 2 N–H and O–H groups in total. The van der Waals surface area contributed by atoms with E-state index in [4.69, 9.17) is 5.11 Å². The Morgan fingerprint density at radius 2 is 2.25 bits per heavy atom. The number of carbonyl (C=O) groups is 1. The number of hydrogen-bond acceptors (Lipinski definition) is 4. The minimum Gasteiger partial charge on any atom is -0.477 e. The van der Waals surface area contributed by atoms with Crippen molar-refractivity contribution in [3.8, 4) is 0 Å². The Balaban J connectivity index is 1.77. The number of nitrogens with zero attached hydrogens (tertiary/aromatic N) is 1. The van der Waals surface area contributed by atoms with E-state index in [1.807, 2.05) is 31.2 Å². The van der Waals surface area contributed by atoms with E-state index in [1.165, 1.54) is 11.3 Å². The van der Waals surface area contributed by atoms with Crippen LogP contribution in [0.25, 0.3) is 11.0 Å². The highest BCUT2D eigenvalue weighted by molar-refractivity contribution is 7.98. The highest BCUT2D eigenvalue weighted by Crippen LogP contribution is 2.28. The van der Waals surface area contributed by atoms with Crippen molar-refractivity contribution in [2.75, 3.05) is 0 Å². The lowest BCUT2D eigenvalue weighted by molar-refractivity contribution is 0.0702. The maximum absolute atomic E-state index is 10.9. The number of para-hydroxylation sites is 2. The van der Waals surface area contributed by atoms with Crippen LogP contribution in [0.2, 0.25) is 0 Å². The summed E-state index contributed by atoms with van der Waals surface area (Å²) in [6.45, 7) is 1.95. The number of H-pyrrole nitrogens is 1. The Bertz CT molecular complexity index is 743. The summed E-state index contributed by atoms with van der Waals surface area (Å²) in [5, 5.41) is 9.84. The van der Waals surface area contributed by atoms with Gasteiger partial charge in [0.25, 0.3) is 0 Å². The molecule has 2 aromatic heterocycles. The van der Waals surface area contributed by atoms with E-state index >= 15 is 0 Å². The van der Waals surface area contributed by atoms with Crippen LogP contribution in [0, 0.1) is 6.92 Å². The molecule has 0 atom stereocenters. The third-order valence-electron chi connectivity index (χ3n) is 2.96. The third-order valence-corrected chi connectivity index (χ3v) is 4.97. The van der Waals surface area contributed by atoms with Gasteiger partial charge in [-0.25, -0.2) is 9.78 Å². The topological polar surface area (TPSA) is 66.0 Å². The Hall–Kier alpha value is -1.79. The molecule has 6 heteroatoms. The molecule has 0 amide bonds. The van der Waals surface area contributed by atoms with Crippen molar-refractivity contribution in [2.24, 2.45) is 0 Å². The molecule has 0 aliphatic rings. The summed E-state index contributed by atoms with van der Waals surface area (Å²) in [5.74, 6) is -0.145. The number of rotatable bonds is 4. The third kappa shape index (κ3) is 2.57. The molecule has 20 heavy (non-hydrogen) atoms. The zero-order valence-electron chi connectivity index (χ0n) is 10.7. The van der Waals surface area contributed by atoms with Gasteiger partial charge >= 0.3 is 5.97 Å². The zero-order chi connectivity index (χ0) is 14.1. The second kappa shape index (κ2) is 5.30. The first-order chi connectivity index (χ1) is 9.63. The van der Waals surface area contributed by atoms with Crippen molar-refractivity contribution in [1.82, 2.24) is 9.97 Å². The fraction of sp³-hybridized carbons (Fsp3) is 0.143. The number of nitrogens with one attached hydrogen (secondary N) is 1. The van der Waals surface area contributed by atoms with Crippen LogP contribution in [0.5, 0.6) is 0 Å². The number of imidazole rings is 1. The molecule has 3 rings (SSSR count). The molecule has 4 nitrogen and oxygen atoms in total. The summed E-state index contributed by atoms with van der Waals surface area (Å²) >= 11 is 2.90. The van der Waals surface area contributed by atoms with Gasteiger partial charge in [0.15, 0.2) is 5.16 Å². The average molecular weight is 304 g/mol. The van der Waals surface area contributed by atoms with E-state index in [9.17, 15) is 4.79 Å². The van der Waals surface area contributed by atoms with Gasteiger partial charge < -0.3 is 10.1 Å². The van der Waals surface area contributed by atoms with E-state index in [0.29, 0.717) is 4.88 Å². The first kappa shape index (κ1) is 13.2. The first-order valence-corrected chi connectivity index (χ1v) is 7.84. The number of carboxylic acid groups (broad SMARTS) is 1. The zero-order valence-corrected chi connectivity index (χ0v) is 12.3. The molecule has 0 saturated heterocycles. The summed E-state index contributed by atoms with van der Waals surface area (Å²) in [5.41, 5.74) is 3.02. The lowest BCUT2D eigenvalue weighted by Crippen LogP contribution is -1.90. The normalized spacial score (nSPS) is 11.1. The van der Waals surface area contributed by atoms with Gasteiger partial charge in [0.05, 0.1) is 11.0 Å². The first-order valence-electron chi connectivity index (χ1n) is 6.03. The number of aromatic carboxylic acids is 1. The van der Waals surface area contributed by atoms with Gasteiger partial charge in [0, 0.05) is 10.6 Å². The van der Waals surface area contributed by atoms with Crippen molar-refractivity contribution in [1.29, 1.82) is 0 Å². The monoisotopic (exact) mass is 304 g/mol. The van der Waals surface area contributed by atoms with Crippen LogP contribution in [0.15, 0.2) is 35.5 Å². The maximum atomic E-state index is 10.9. The van der Waals surface area contributed by atoms with Gasteiger partial charge in [-0.1, -0.05) is 23.9 Å². The van der Waals surface area contributed by atoms with Crippen LogP contribution in [-0.4, -0.2) is 21.0 Å². The summed E-state index contributed by atoms with van der Waals surface area (Å²) < 4.78 is 0. The molecule has 0 aliphatic carbocycles. The fourth-order valence-electron chi connectivity index (χ4n) is 1.91. The number of benzene rings is 1. The van der Waals surface area contributed by atoms with Crippen LogP contribution in [0.4, 0.5) is 0 Å². The number of thiophene rings is 1. The number of carboxylic acids is 1. The molecule has 0 aliphatic heterocycles. The summed E-state index contributed by atoms with van der Waals surface area (Å²) in [6, 6.07) is 9.63. The van der Waals surface area contributed by atoms with Gasteiger partial charge in [0.2, 0.25) is 0 Å². The van der Waals surface area contributed by atoms with Gasteiger partial charge in [-0.2, -0.15) is 0 Å². The number of hydrogen-bond donors (Lipinski definition) is 2. The van der Waals surface area contributed by atoms with Gasteiger partial charge in [-0.05, 0) is 30.7 Å². The van der Waals surface area contributed by atoms with Crippen LogP contribution in [0.3, 0.4) is 0 Å². The predicted molar refractivity (Wildman–Crippen MR) is 81.7 cm³/mol. The SMILES string of the molecule is Cc1sc(C(=O)O)cc1CSc1nc2ccccc2[nH]1. The van der Waals surface area contributed by atoms with Crippen LogP contribution in [0.1, 0.15) is 20.1 Å². The molecule has 0 spiro atoms. The van der Waals surface area contributed by atoms with E-state index in [1.54, 1.807) is 17.8 Å². The van der Waals surface area contributed by atoms with Crippen molar-refractivity contribution in [3.05, 3.63) is 45.6 Å². The van der Waals surface area contributed by atoms with E-state index in [2.05, 4.69) is 9.97 Å². The molecule has 2 heterocycles. The maximum Gasteiger partial charge on any atom is 0.345 e. The van der Waals surface area contributed by atoms with Crippen LogP contribution < -0.4 is 0 Å². The van der Waals surface area contributed by atoms with Crippen LogP contribution >= 0.6 is 23.1 Å². The lowest BCUT2D eigenvalue weighted by atomic mass is 10.3. The number of aromatic nitrogens is 2. The molecular formula is C14H12N2O2S2. The Labute approximate surface area is 123 Å². The molecule has 0 bridgehead atoms. The second-order valence-corrected chi connectivity index (χ2v) is 6.57. The number of aryl methyl sites for hydroxylation is 1. The quantitative estimate of drug-likeness (QED) is 0.717. The standard InChI is InChI=1S/C14H12N2O2S2/c1-8-9(6-12(20-8)13(17)18)7-19-14-15-10-4-2-3-5-11(10)16-14/h2-6H,7H2,1H3,(H,15,16)(H,17,18). The molecule has 0 unspecified atom stereocenters. The Morgan fingerprint density at radius 3 is 2.95 bits per heavy atom. The van der Waals surface area contributed by atoms with E-state index in [-0.39, 0.29) is 0 Å². The summed E-state index contributed by atoms with van der Waals surface area (Å²) in [7, 11) is 0. The molecule has 3 aromatic rings. The van der Waals surface area contributed by atoms with E-state index < -0.39 is 5.97 Å². The molecule has 0 fully saturated rings. The Kier molecular flexibility index (Phi) is 3.50. The molecule has 0 saturated carbocycles. The number of thioether (sulfide) groups is 1. The highest BCUT2D eigenvalue weighted by Gasteiger charge is 2.12. The van der Waals surface area contributed by atoms with Gasteiger partial charge in [-0.15, -0.1) is 11.3 Å². The Morgan fingerprint density at radius 1 is 1.45 bits per heavy atom. The van der Waals surface area contributed by atoms with Gasteiger partial charge in [-0.3, -0.25) is 0 Å². The van der Waals surface area contributed by atoms with Crippen molar-refractivity contribution in [3.63, 3.8) is 0 Å². The lowest BCUT2D eigenvalue weighted by Gasteiger charge is -1.96. The molecular weight excluding hydrogens is 292 g/mol. The molecule has 102 valence electrons. The molecule has 0 radical (unpaired) electrons. The summed E-state index contributed by atoms with van der Waals surface area (Å²) in [6.07, 6.45) is 0. The minimum absolute atomic E-state index is 0.391. The largest absolute Gasteiger partial charge is 0.477 e. The second-order valence-electron chi connectivity index (χ2n) is 4.35. The van der Waals surface area contributed by atoms with Crippen molar-refractivity contribution < 1.29 is 9.90 Å². The van der Waals surface area contributed by atoms with Crippen LogP contribution in [-0.2, 0) is 5.75 Å². The van der Waals surface area contributed by atoms with Gasteiger partial charge in [0.1, 0.15) is 4.88 Å². The fourth-order valence-corrected chi connectivity index (χ4v) is 3.82. The summed E-state index contributed by atoms with van der Waals surface area (Å²) in [4.78, 5) is 20.1. The predicted octanol–water partition coefficient (Wildman–Crippen LogP) is 3.92. The number of aromatic amines is 1. The van der Waals surface area contributed by atoms with Crippen molar-refractivity contribution in [2.45, 2.75) is 17.8 Å².